The van der Waals surface area contributed by atoms with Crippen LogP contribution in [-0.4, -0.2) is 51.9 Å². The number of piperidine rings is 1. The van der Waals surface area contributed by atoms with E-state index in [1.165, 1.54) is 12.1 Å². The van der Waals surface area contributed by atoms with Crippen molar-refractivity contribution in [2.24, 2.45) is 0 Å². The molecule has 1 aliphatic heterocycles. The zero-order chi connectivity index (χ0) is 19.0. The lowest BCUT2D eigenvalue weighted by molar-refractivity contribution is 0.198. The Morgan fingerprint density at radius 3 is 2.59 bits per heavy atom. The molecular formula is C19H22F2N6. The van der Waals surface area contributed by atoms with Crippen molar-refractivity contribution in [3.63, 3.8) is 0 Å². The molecule has 4 rings (SSSR count). The summed E-state index contributed by atoms with van der Waals surface area (Å²) in [6.45, 7) is 2.01. The largest absolute Gasteiger partial charge is 0.361 e. The Kier molecular flexibility index (Phi) is 4.73. The third-order valence-electron chi connectivity index (χ3n) is 5.09. The van der Waals surface area contributed by atoms with E-state index < -0.39 is 5.82 Å². The van der Waals surface area contributed by atoms with E-state index in [0.29, 0.717) is 12.1 Å². The monoisotopic (exact) mass is 372 g/mol. The molecule has 1 fully saturated rings. The number of hydrogen-bond acceptors (Lipinski definition) is 5. The number of hydrogen-bond donors (Lipinski definition) is 0. The molecule has 142 valence electrons. The number of benzene rings is 1. The molecule has 27 heavy (non-hydrogen) atoms. The number of aromatic nitrogens is 4. The lowest BCUT2D eigenvalue weighted by atomic mass is 9.95. The van der Waals surface area contributed by atoms with Gasteiger partial charge in [0.2, 0.25) is 0 Å². The average Bonchev–Trinajstić information content (AvgIpc) is 3.08. The Hall–Kier alpha value is -2.61. The van der Waals surface area contributed by atoms with E-state index in [1.807, 2.05) is 35.6 Å². The summed E-state index contributed by atoms with van der Waals surface area (Å²) >= 11 is 0. The Morgan fingerprint density at radius 2 is 1.85 bits per heavy atom. The second-order valence-corrected chi connectivity index (χ2v) is 7.20. The van der Waals surface area contributed by atoms with E-state index in [0.717, 1.165) is 49.3 Å². The van der Waals surface area contributed by atoms with Crippen LogP contribution in [0.3, 0.4) is 0 Å². The summed E-state index contributed by atoms with van der Waals surface area (Å²) < 4.78 is 29.1. The van der Waals surface area contributed by atoms with Crippen molar-refractivity contribution in [3.05, 3.63) is 53.4 Å². The van der Waals surface area contributed by atoms with E-state index >= 15 is 0 Å². The summed E-state index contributed by atoms with van der Waals surface area (Å²) in [6, 6.07) is 7.45. The van der Waals surface area contributed by atoms with Gasteiger partial charge in [-0.1, -0.05) is 0 Å². The standard InChI is InChI=1S/C19H22F2N6/c1-25(2)18-6-5-17-22-23-19(27(17)24-18)13-7-9-26(10-8-13)12-14-11-15(20)3-4-16(14)21/h3-6,11,13H,7-10,12H2,1-2H3. The molecule has 3 aromatic rings. The van der Waals surface area contributed by atoms with Gasteiger partial charge >= 0.3 is 0 Å². The number of likely N-dealkylation sites (tertiary alicyclic amines) is 1. The Labute approximate surface area is 156 Å². The lowest BCUT2D eigenvalue weighted by Crippen LogP contribution is -2.33. The highest BCUT2D eigenvalue weighted by molar-refractivity contribution is 5.45. The van der Waals surface area contributed by atoms with Gasteiger partial charge in [0.1, 0.15) is 17.5 Å². The molecule has 1 aromatic carbocycles. The van der Waals surface area contributed by atoms with Crippen molar-refractivity contribution in [3.8, 4) is 0 Å². The minimum atomic E-state index is -0.404. The molecule has 0 unspecified atom stereocenters. The first-order valence-electron chi connectivity index (χ1n) is 9.07. The van der Waals surface area contributed by atoms with E-state index in [9.17, 15) is 8.78 Å². The molecule has 0 aliphatic carbocycles. The van der Waals surface area contributed by atoms with Crippen LogP contribution in [0, 0.1) is 11.6 Å². The van der Waals surface area contributed by atoms with Crippen LogP contribution in [0.25, 0.3) is 5.65 Å². The van der Waals surface area contributed by atoms with Crippen LogP contribution in [0.1, 0.15) is 30.1 Å². The predicted octanol–water partition coefficient (Wildman–Crippen LogP) is 2.85. The molecule has 0 amide bonds. The van der Waals surface area contributed by atoms with Gasteiger partial charge < -0.3 is 4.90 Å². The van der Waals surface area contributed by atoms with Crippen molar-refractivity contribution in [1.29, 1.82) is 0 Å². The number of anilines is 1. The van der Waals surface area contributed by atoms with Crippen molar-refractivity contribution in [2.45, 2.75) is 25.3 Å². The summed E-state index contributed by atoms with van der Waals surface area (Å²) in [5, 5.41) is 13.2. The van der Waals surface area contributed by atoms with E-state index in [1.54, 1.807) is 0 Å². The molecule has 0 saturated carbocycles. The van der Waals surface area contributed by atoms with Gasteiger partial charge in [-0.25, -0.2) is 8.78 Å². The Balaban J connectivity index is 1.47. The van der Waals surface area contributed by atoms with Crippen LogP contribution in [-0.2, 0) is 6.54 Å². The number of rotatable bonds is 4. The molecular weight excluding hydrogens is 350 g/mol. The third kappa shape index (κ3) is 3.62. The number of fused-ring (bicyclic) bond motifs is 1. The van der Waals surface area contributed by atoms with Crippen molar-refractivity contribution in [2.75, 3.05) is 32.1 Å². The molecule has 3 heterocycles. The van der Waals surface area contributed by atoms with Gasteiger partial charge in [0.15, 0.2) is 11.5 Å². The second-order valence-electron chi connectivity index (χ2n) is 7.20. The summed E-state index contributed by atoms with van der Waals surface area (Å²) in [7, 11) is 3.89. The van der Waals surface area contributed by atoms with Crippen LogP contribution in [0.4, 0.5) is 14.6 Å². The minimum Gasteiger partial charge on any atom is -0.361 e. The molecule has 1 aliphatic rings. The maximum atomic E-state index is 13.9. The fourth-order valence-electron chi connectivity index (χ4n) is 3.54. The van der Waals surface area contributed by atoms with Crippen LogP contribution in [0.15, 0.2) is 30.3 Å². The summed E-state index contributed by atoms with van der Waals surface area (Å²) in [4.78, 5) is 4.09. The molecule has 2 aromatic heterocycles. The van der Waals surface area contributed by atoms with Crippen molar-refractivity contribution >= 4 is 11.5 Å². The smallest absolute Gasteiger partial charge is 0.178 e. The van der Waals surface area contributed by atoms with Gasteiger partial charge in [-0.3, -0.25) is 4.90 Å². The quantitative estimate of drug-likeness (QED) is 0.705. The normalized spacial score (nSPS) is 16.1. The highest BCUT2D eigenvalue weighted by atomic mass is 19.1. The SMILES string of the molecule is CN(C)c1ccc2nnc(C3CCN(Cc4cc(F)ccc4F)CC3)n2n1. The van der Waals surface area contributed by atoms with Gasteiger partial charge in [-0.2, -0.15) is 4.52 Å². The van der Waals surface area contributed by atoms with Gasteiger partial charge in [0, 0.05) is 32.1 Å². The minimum absolute atomic E-state index is 0.249. The topological polar surface area (TPSA) is 49.6 Å². The first kappa shape index (κ1) is 17.8. The van der Waals surface area contributed by atoms with Crippen LogP contribution in [0.2, 0.25) is 0 Å². The summed E-state index contributed by atoms with van der Waals surface area (Å²) in [5.74, 6) is 1.20. The Morgan fingerprint density at radius 1 is 1.07 bits per heavy atom. The summed E-state index contributed by atoms with van der Waals surface area (Å²) in [6.07, 6.45) is 1.76. The van der Waals surface area contributed by atoms with Crippen LogP contribution >= 0.6 is 0 Å². The third-order valence-corrected chi connectivity index (χ3v) is 5.09. The fourth-order valence-corrected chi connectivity index (χ4v) is 3.54. The van der Waals surface area contributed by atoms with E-state index in [2.05, 4.69) is 20.2 Å². The molecule has 1 saturated heterocycles. The second kappa shape index (κ2) is 7.19. The molecule has 0 radical (unpaired) electrons. The number of nitrogens with zero attached hydrogens (tertiary/aromatic N) is 6. The zero-order valence-corrected chi connectivity index (χ0v) is 15.4. The molecule has 6 nitrogen and oxygen atoms in total. The lowest BCUT2D eigenvalue weighted by Gasteiger charge is -2.31. The van der Waals surface area contributed by atoms with Gasteiger partial charge in [-0.15, -0.1) is 15.3 Å². The average molecular weight is 372 g/mol. The first-order valence-corrected chi connectivity index (χ1v) is 9.07. The molecule has 0 N–H and O–H groups in total. The predicted molar refractivity (Wildman–Crippen MR) is 98.7 cm³/mol. The van der Waals surface area contributed by atoms with Gasteiger partial charge in [0.25, 0.3) is 0 Å². The van der Waals surface area contributed by atoms with Gasteiger partial charge in [-0.05, 0) is 56.3 Å². The van der Waals surface area contributed by atoms with Crippen LogP contribution < -0.4 is 4.90 Å². The molecule has 0 bridgehead atoms. The van der Waals surface area contributed by atoms with E-state index in [4.69, 9.17) is 0 Å². The zero-order valence-electron chi connectivity index (χ0n) is 15.4. The molecule has 0 spiro atoms. The van der Waals surface area contributed by atoms with Crippen molar-refractivity contribution in [1.82, 2.24) is 24.7 Å². The summed E-state index contributed by atoms with van der Waals surface area (Å²) in [5.41, 5.74) is 1.14. The highest BCUT2D eigenvalue weighted by Crippen LogP contribution is 2.28. The van der Waals surface area contributed by atoms with Crippen molar-refractivity contribution < 1.29 is 8.78 Å². The van der Waals surface area contributed by atoms with Crippen LogP contribution in [0.5, 0.6) is 0 Å². The highest BCUT2D eigenvalue weighted by Gasteiger charge is 2.25. The van der Waals surface area contributed by atoms with E-state index in [-0.39, 0.29) is 11.7 Å². The maximum absolute atomic E-state index is 13.9. The van der Waals surface area contributed by atoms with Gasteiger partial charge in [0.05, 0.1) is 0 Å². The maximum Gasteiger partial charge on any atom is 0.178 e. The molecule has 8 heteroatoms. The molecule has 0 atom stereocenters. The Bertz CT molecular complexity index is 947. The first-order chi connectivity index (χ1) is 13.0. The number of halogens is 2. The fraction of sp³-hybridized carbons (Fsp3) is 0.421.